The summed E-state index contributed by atoms with van der Waals surface area (Å²) in [5.74, 6) is 0. The van der Waals surface area contributed by atoms with Crippen molar-refractivity contribution in [3.63, 3.8) is 0 Å². The van der Waals surface area contributed by atoms with Crippen molar-refractivity contribution < 1.29 is 17.8 Å². The molecule has 6 heteroatoms. The number of hydrogen-bond acceptors (Lipinski definition) is 4. The smallest absolute Gasteiger partial charge is 0.261 e. The van der Waals surface area contributed by atoms with Crippen LogP contribution in [0.25, 0.3) is 0 Å². The van der Waals surface area contributed by atoms with Gasteiger partial charge in [-0.3, -0.25) is 4.55 Å². The first kappa shape index (κ1) is 9.99. The van der Waals surface area contributed by atoms with E-state index in [0.717, 1.165) is 0 Å². The topological polar surface area (TPSA) is 75.6 Å². The molecule has 0 radical (unpaired) electrons. The van der Waals surface area contributed by atoms with Crippen LogP contribution < -0.4 is 5.48 Å². The predicted octanol–water partition coefficient (Wildman–Crippen LogP) is 0.0526. The van der Waals surface area contributed by atoms with Crippen molar-refractivity contribution in [2.24, 2.45) is 0 Å². The molecule has 0 aromatic rings. The lowest BCUT2D eigenvalue weighted by Crippen LogP contribution is -2.01. The molecule has 0 fully saturated rings. The Morgan fingerprint density at radius 3 is 2.09 bits per heavy atom. The van der Waals surface area contributed by atoms with Gasteiger partial charge in [-0.2, -0.15) is 8.42 Å². The molecule has 0 aromatic carbocycles. The van der Waals surface area contributed by atoms with Gasteiger partial charge in [0.1, 0.15) is 6.26 Å². The van der Waals surface area contributed by atoms with E-state index in [1.165, 1.54) is 0 Å². The summed E-state index contributed by atoms with van der Waals surface area (Å²) in [6.45, 7) is 0. The molecule has 1 rings (SSSR count). The first-order valence-electron chi connectivity index (χ1n) is 2.65. The standard InChI is InChI=1S/C4H5NO.CH4O3S/c1-2-4-6-5-3-1;1-5(2,3)4/h1-5H;1H3,(H,2,3,4). The van der Waals surface area contributed by atoms with E-state index in [-0.39, 0.29) is 0 Å². The van der Waals surface area contributed by atoms with Gasteiger partial charge < -0.3 is 4.84 Å². The van der Waals surface area contributed by atoms with Crippen molar-refractivity contribution in [3.8, 4) is 0 Å². The lowest BCUT2D eigenvalue weighted by Gasteiger charge is -1.97. The van der Waals surface area contributed by atoms with Crippen LogP contribution in [0.2, 0.25) is 0 Å². The minimum Gasteiger partial charge on any atom is -0.391 e. The second-order valence-corrected chi connectivity index (χ2v) is 3.12. The van der Waals surface area contributed by atoms with Crippen LogP contribution in [0.5, 0.6) is 0 Å². The summed E-state index contributed by atoms with van der Waals surface area (Å²) < 4.78 is 25.9. The van der Waals surface area contributed by atoms with Crippen LogP contribution in [-0.4, -0.2) is 19.2 Å². The van der Waals surface area contributed by atoms with Crippen molar-refractivity contribution in [2.45, 2.75) is 0 Å². The third-order valence-corrected chi connectivity index (χ3v) is 0.490. The quantitative estimate of drug-likeness (QED) is 0.514. The highest BCUT2D eigenvalue weighted by Gasteiger charge is 1.81. The van der Waals surface area contributed by atoms with Crippen LogP contribution in [0.1, 0.15) is 0 Å². The van der Waals surface area contributed by atoms with Gasteiger partial charge in [0.2, 0.25) is 0 Å². The van der Waals surface area contributed by atoms with Crippen LogP contribution in [0.4, 0.5) is 0 Å². The van der Waals surface area contributed by atoms with Gasteiger partial charge >= 0.3 is 0 Å². The minimum atomic E-state index is -3.67. The second kappa shape index (κ2) is 4.75. The first-order chi connectivity index (χ1) is 5.00. The molecule has 2 N–H and O–H groups in total. The average molecular weight is 179 g/mol. The Balaban J connectivity index is 0.000000187. The van der Waals surface area contributed by atoms with E-state index in [4.69, 9.17) is 4.55 Å². The van der Waals surface area contributed by atoms with Crippen molar-refractivity contribution in [2.75, 3.05) is 6.26 Å². The summed E-state index contributed by atoms with van der Waals surface area (Å²) in [6, 6.07) is 0. The Hall–Kier alpha value is -1.01. The summed E-state index contributed by atoms with van der Waals surface area (Å²) in [5, 5.41) is 0. The molecule has 1 heterocycles. The highest BCUT2D eigenvalue weighted by molar-refractivity contribution is 7.85. The van der Waals surface area contributed by atoms with Crippen LogP contribution in [0.3, 0.4) is 0 Å². The molecule has 11 heavy (non-hydrogen) atoms. The van der Waals surface area contributed by atoms with Gasteiger partial charge in [-0.15, -0.1) is 0 Å². The Bertz CT molecular complexity index is 221. The highest BCUT2D eigenvalue weighted by Crippen LogP contribution is 1.80. The van der Waals surface area contributed by atoms with Crippen LogP contribution in [0.15, 0.2) is 24.6 Å². The summed E-state index contributed by atoms with van der Waals surface area (Å²) >= 11 is 0. The zero-order chi connectivity index (χ0) is 8.74. The van der Waals surface area contributed by atoms with Gasteiger partial charge in [-0.05, 0) is 12.2 Å². The molecule has 0 aliphatic carbocycles. The number of hydrogen-bond donors (Lipinski definition) is 2. The van der Waals surface area contributed by atoms with Crippen LogP contribution in [0, 0.1) is 0 Å². The van der Waals surface area contributed by atoms with Gasteiger partial charge in [-0.1, -0.05) is 0 Å². The second-order valence-electron chi connectivity index (χ2n) is 1.66. The molecule has 0 amide bonds. The van der Waals surface area contributed by atoms with E-state index in [2.05, 4.69) is 10.3 Å². The monoisotopic (exact) mass is 179 g/mol. The molecule has 0 unspecified atom stereocenters. The number of allylic oxidation sites excluding steroid dienone is 2. The maximum Gasteiger partial charge on any atom is 0.261 e. The average Bonchev–Trinajstić information content (AvgIpc) is 1.88. The third-order valence-electron chi connectivity index (χ3n) is 0.490. The Morgan fingerprint density at radius 1 is 1.45 bits per heavy atom. The first-order valence-corrected chi connectivity index (χ1v) is 4.50. The van der Waals surface area contributed by atoms with E-state index in [1.807, 2.05) is 6.08 Å². The SMILES string of the molecule is C1=CNOC=C1.CS(=O)(=O)O. The minimum absolute atomic E-state index is 0.715. The van der Waals surface area contributed by atoms with E-state index >= 15 is 0 Å². The number of hydroxylamine groups is 1. The van der Waals surface area contributed by atoms with Crippen molar-refractivity contribution >= 4 is 10.1 Å². The molecule has 0 bridgehead atoms. The van der Waals surface area contributed by atoms with Gasteiger partial charge in [0.25, 0.3) is 10.1 Å². The maximum absolute atomic E-state index is 9.19. The number of rotatable bonds is 0. The van der Waals surface area contributed by atoms with Crippen molar-refractivity contribution in [1.82, 2.24) is 5.48 Å². The molecular weight excluding hydrogens is 170 g/mol. The fourth-order valence-electron chi connectivity index (χ4n) is 0.258. The van der Waals surface area contributed by atoms with E-state index in [1.54, 1.807) is 18.5 Å². The molecule has 0 saturated carbocycles. The van der Waals surface area contributed by atoms with Gasteiger partial charge in [0.05, 0.1) is 6.26 Å². The molecular formula is C5H9NO4S. The number of nitrogens with one attached hydrogen (secondary N) is 1. The van der Waals surface area contributed by atoms with E-state index in [0.29, 0.717) is 6.26 Å². The van der Waals surface area contributed by atoms with Gasteiger partial charge in [0.15, 0.2) is 0 Å². The molecule has 0 saturated heterocycles. The molecule has 0 atom stereocenters. The summed E-state index contributed by atoms with van der Waals surface area (Å²) in [4.78, 5) is 4.55. The van der Waals surface area contributed by atoms with E-state index in [9.17, 15) is 8.42 Å². The summed E-state index contributed by atoms with van der Waals surface area (Å²) in [6.07, 6.45) is 7.65. The zero-order valence-corrected chi connectivity index (χ0v) is 6.71. The van der Waals surface area contributed by atoms with E-state index < -0.39 is 10.1 Å². The molecule has 0 spiro atoms. The Morgan fingerprint density at radius 2 is 2.00 bits per heavy atom. The molecule has 5 nitrogen and oxygen atoms in total. The Labute approximate surface area is 65.1 Å². The summed E-state index contributed by atoms with van der Waals surface area (Å²) in [5.41, 5.74) is 2.52. The van der Waals surface area contributed by atoms with Crippen LogP contribution in [-0.2, 0) is 15.0 Å². The normalized spacial score (nSPS) is 14.0. The van der Waals surface area contributed by atoms with Crippen molar-refractivity contribution in [1.29, 1.82) is 0 Å². The molecule has 64 valence electrons. The molecule has 1 aliphatic rings. The molecule has 1 aliphatic heterocycles. The highest BCUT2D eigenvalue weighted by atomic mass is 32.2. The lowest BCUT2D eigenvalue weighted by atomic mass is 10.6. The summed E-state index contributed by atoms with van der Waals surface area (Å²) in [7, 11) is -3.67. The Kier molecular flexibility index (Phi) is 4.32. The van der Waals surface area contributed by atoms with Crippen LogP contribution >= 0.6 is 0 Å². The largest absolute Gasteiger partial charge is 0.391 e. The fourth-order valence-corrected chi connectivity index (χ4v) is 0.258. The lowest BCUT2D eigenvalue weighted by molar-refractivity contribution is 0.172. The van der Waals surface area contributed by atoms with Crippen molar-refractivity contribution in [3.05, 3.63) is 24.6 Å². The zero-order valence-electron chi connectivity index (χ0n) is 5.89. The molecule has 0 aromatic heterocycles. The predicted molar refractivity (Wildman–Crippen MR) is 40.0 cm³/mol. The van der Waals surface area contributed by atoms with Gasteiger partial charge in [-0.25, -0.2) is 5.48 Å². The third kappa shape index (κ3) is 17.6. The van der Waals surface area contributed by atoms with Gasteiger partial charge in [0, 0.05) is 6.20 Å². The maximum atomic E-state index is 9.19. The fraction of sp³-hybridized carbons (Fsp3) is 0.200.